The summed E-state index contributed by atoms with van der Waals surface area (Å²) in [6.07, 6.45) is 1.16. The number of amides is 1. The van der Waals surface area contributed by atoms with Gasteiger partial charge in [0.25, 0.3) is 5.56 Å². The zero-order valence-corrected chi connectivity index (χ0v) is 17.1. The Kier molecular flexibility index (Phi) is 5.66. The number of nitrogens with zero attached hydrogens (tertiary/aromatic N) is 4. The minimum Gasteiger partial charge on any atom is -0.338 e. The largest absolute Gasteiger partial charge is 0.338 e. The summed E-state index contributed by atoms with van der Waals surface area (Å²) >= 11 is 0. The van der Waals surface area contributed by atoms with Gasteiger partial charge in [0, 0.05) is 37.8 Å². The van der Waals surface area contributed by atoms with Gasteiger partial charge in [-0.05, 0) is 31.5 Å². The topological polar surface area (TPSA) is 92.6 Å². The Bertz CT molecular complexity index is 1050. The van der Waals surface area contributed by atoms with Gasteiger partial charge in [-0.15, -0.1) is 0 Å². The third kappa shape index (κ3) is 4.48. The summed E-state index contributed by atoms with van der Waals surface area (Å²) in [6.45, 7) is 4.91. The molecule has 3 rings (SSSR count). The summed E-state index contributed by atoms with van der Waals surface area (Å²) < 4.78 is 25.7. The number of carbonyl (C=O) groups excluding carboxylic acids is 1. The first kappa shape index (κ1) is 20.2. The highest BCUT2D eigenvalue weighted by Crippen LogP contribution is 2.21. The molecule has 0 saturated carbocycles. The Morgan fingerprint density at radius 1 is 1.07 bits per heavy atom. The number of hydrogen-bond acceptors (Lipinski definition) is 5. The number of piperazine rings is 1. The van der Waals surface area contributed by atoms with E-state index in [0.29, 0.717) is 18.8 Å². The molecule has 1 aliphatic rings. The van der Waals surface area contributed by atoms with Crippen molar-refractivity contribution in [2.24, 2.45) is 0 Å². The van der Waals surface area contributed by atoms with E-state index in [0.717, 1.165) is 22.9 Å². The van der Waals surface area contributed by atoms with Gasteiger partial charge >= 0.3 is 0 Å². The van der Waals surface area contributed by atoms with Crippen LogP contribution in [0.25, 0.3) is 11.3 Å². The number of hydrogen-bond donors (Lipinski definition) is 0. The zero-order valence-electron chi connectivity index (χ0n) is 16.3. The molecule has 0 atom stereocenters. The quantitative estimate of drug-likeness (QED) is 0.745. The summed E-state index contributed by atoms with van der Waals surface area (Å²) in [6, 6.07) is 9.08. The molecule has 1 saturated heterocycles. The van der Waals surface area contributed by atoms with E-state index in [1.165, 1.54) is 15.1 Å². The van der Waals surface area contributed by atoms with E-state index in [2.05, 4.69) is 5.10 Å². The van der Waals surface area contributed by atoms with Gasteiger partial charge in [-0.1, -0.05) is 17.7 Å². The first-order valence-corrected chi connectivity index (χ1v) is 10.9. The molecule has 0 unspecified atom stereocenters. The summed E-state index contributed by atoms with van der Waals surface area (Å²) in [4.78, 5) is 26.4. The Morgan fingerprint density at radius 3 is 2.39 bits per heavy atom. The fourth-order valence-corrected chi connectivity index (χ4v) is 4.04. The van der Waals surface area contributed by atoms with Crippen molar-refractivity contribution in [3.8, 4) is 11.3 Å². The zero-order chi connectivity index (χ0) is 20.5. The Labute approximate surface area is 164 Å². The smallest absolute Gasteiger partial charge is 0.267 e. The maximum absolute atomic E-state index is 12.6. The SMILES string of the molecule is Cc1ccc(C)c(-c2ccc(=O)n(CC(=O)N3CCN(S(C)(=O)=O)CC3)n2)c1. The van der Waals surface area contributed by atoms with Crippen LogP contribution in [-0.4, -0.2) is 65.7 Å². The highest BCUT2D eigenvalue weighted by atomic mass is 32.2. The molecule has 1 fully saturated rings. The Balaban J connectivity index is 1.77. The Morgan fingerprint density at radius 2 is 1.75 bits per heavy atom. The van der Waals surface area contributed by atoms with Crippen molar-refractivity contribution in [2.75, 3.05) is 32.4 Å². The number of sulfonamides is 1. The molecule has 1 aliphatic heterocycles. The van der Waals surface area contributed by atoms with Gasteiger partial charge in [-0.3, -0.25) is 9.59 Å². The lowest BCUT2D eigenvalue weighted by molar-refractivity contribution is -0.133. The maximum Gasteiger partial charge on any atom is 0.267 e. The number of aryl methyl sites for hydroxylation is 2. The molecule has 28 heavy (non-hydrogen) atoms. The maximum atomic E-state index is 12.6. The predicted octanol–water partition coefficient (Wildman–Crippen LogP) is 0.631. The molecule has 0 spiro atoms. The van der Waals surface area contributed by atoms with Crippen LogP contribution in [0.3, 0.4) is 0 Å². The highest BCUT2D eigenvalue weighted by Gasteiger charge is 2.26. The van der Waals surface area contributed by atoms with Crippen LogP contribution in [-0.2, 0) is 21.4 Å². The van der Waals surface area contributed by atoms with E-state index in [-0.39, 0.29) is 31.1 Å². The molecule has 8 nitrogen and oxygen atoms in total. The minimum atomic E-state index is -3.26. The molecule has 2 heterocycles. The average Bonchev–Trinajstić information content (AvgIpc) is 2.65. The monoisotopic (exact) mass is 404 g/mol. The van der Waals surface area contributed by atoms with Crippen LogP contribution in [0.15, 0.2) is 35.1 Å². The van der Waals surface area contributed by atoms with Crippen LogP contribution in [0.1, 0.15) is 11.1 Å². The van der Waals surface area contributed by atoms with E-state index >= 15 is 0 Å². The molecule has 0 aliphatic carbocycles. The van der Waals surface area contributed by atoms with Crippen LogP contribution >= 0.6 is 0 Å². The molecule has 0 radical (unpaired) electrons. The molecule has 0 bridgehead atoms. The van der Waals surface area contributed by atoms with Crippen molar-refractivity contribution >= 4 is 15.9 Å². The summed E-state index contributed by atoms with van der Waals surface area (Å²) in [5, 5.41) is 4.38. The van der Waals surface area contributed by atoms with Crippen LogP contribution in [0.4, 0.5) is 0 Å². The number of rotatable bonds is 4. The number of benzene rings is 1. The van der Waals surface area contributed by atoms with E-state index in [1.54, 1.807) is 11.0 Å². The van der Waals surface area contributed by atoms with Crippen molar-refractivity contribution in [1.82, 2.24) is 19.0 Å². The minimum absolute atomic E-state index is 0.170. The van der Waals surface area contributed by atoms with Gasteiger partial charge in [0.15, 0.2) is 0 Å². The predicted molar refractivity (Wildman–Crippen MR) is 106 cm³/mol. The molecule has 2 aromatic rings. The third-order valence-electron chi connectivity index (χ3n) is 4.88. The van der Waals surface area contributed by atoms with Crippen molar-refractivity contribution in [3.05, 3.63) is 51.8 Å². The van der Waals surface area contributed by atoms with Gasteiger partial charge in [-0.2, -0.15) is 9.40 Å². The highest BCUT2D eigenvalue weighted by molar-refractivity contribution is 7.88. The van der Waals surface area contributed by atoms with Crippen molar-refractivity contribution in [2.45, 2.75) is 20.4 Å². The number of aromatic nitrogens is 2. The standard InChI is InChI=1S/C19H24N4O4S/c1-14-4-5-15(2)16(12-14)17-6-7-18(24)23(20-17)13-19(25)21-8-10-22(11-9-21)28(3,26)27/h4-7,12H,8-11,13H2,1-3H3. The molecular weight excluding hydrogens is 380 g/mol. The van der Waals surface area contributed by atoms with Crippen molar-refractivity contribution in [3.63, 3.8) is 0 Å². The molecule has 150 valence electrons. The van der Waals surface area contributed by atoms with E-state index < -0.39 is 10.0 Å². The fraction of sp³-hybridized carbons (Fsp3) is 0.421. The second-order valence-corrected chi connectivity index (χ2v) is 9.06. The Hall–Kier alpha value is -2.52. The molecule has 1 aromatic carbocycles. The van der Waals surface area contributed by atoms with Gasteiger partial charge < -0.3 is 4.90 Å². The van der Waals surface area contributed by atoms with Gasteiger partial charge in [0.2, 0.25) is 15.9 Å². The van der Waals surface area contributed by atoms with Crippen LogP contribution in [0.5, 0.6) is 0 Å². The van der Waals surface area contributed by atoms with E-state index in [4.69, 9.17) is 0 Å². The molecule has 1 aromatic heterocycles. The lowest BCUT2D eigenvalue weighted by atomic mass is 10.0. The van der Waals surface area contributed by atoms with Gasteiger partial charge in [0.05, 0.1) is 11.9 Å². The van der Waals surface area contributed by atoms with E-state index in [9.17, 15) is 18.0 Å². The van der Waals surface area contributed by atoms with Crippen molar-refractivity contribution < 1.29 is 13.2 Å². The first-order chi connectivity index (χ1) is 13.1. The summed E-state index contributed by atoms with van der Waals surface area (Å²) in [5.41, 5.74) is 3.32. The summed E-state index contributed by atoms with van der Waals surface area (Å²) in [7, 11) is -3.26. The number of carbonyl (C=O) groups is 1. The normalized spacial score (nSPS) is 15.6. The average molecular weight is 404 g/mol. The lowest BCUT2D eigenvalue weighted by Gasteiger charge is -2.33. The van der Waals surface area contributed by atoms with Gasteiger partial charge in [0.1, 0.15) is 6.54 Å². The molecular formula is C19H24N4O4S. The van der Waals surface area contributed by atoms with E-state index in [1.807, 2.05) is 32.0 Å². The third-order valence-corrected chi connectivity index (χ3v) is 6.18. The van der Waals surface area contributed by atoms with Crippen LogP contribution in [0, 0.1) is 13.8 Å². The molecule has 9 heteroatoms. The van der Waals surface area contributed by atoms with Crippen LogP contribution in [0.2, 0.25) is 0 Å². The summed E-state index contributed by atoms with van der Waals surface area (Å²) in [5.74, 6) is -0.249. The fourth-order valence-electron chi connectivity index (χ4n) is 3.21. The second kappa shape index (κ2) is 7.84. The molecule has 1 amide bonds. The lowest BCUT2D eigenvalue weighted by Crippen LogP contribution is -2.51. The van der Waals surface area contributed by atoms with Crippen molar-refractivity contribution in [1.29, 1.82) is 0 Å². The second-order valence-electron chi connectivity index (χ2n) is 7.08. The van der Waals surface area contributed by atoms with Gasteiger partial charge in [-0.25, -0.2) is 13.1 Å². The first-order valence-electron chi connectivity index (χ1n) is 9.04. The molecule has 0 N–H and O–H groups in total. The van der Waals surface area contributed by atoms with Crippen LogP contribution < -0.4 is 5.56 Å².